The Kier molecular flexibility index (Phi) is 4.46. The number of nitrogens with zero attached hydrogens (tertiary/aromatic N) is 2. The zero-order valence-corrected chi connectivity index (χ0v) is 12.9. The summed E-state index contributed by atoms with van der Waals surface area (Å²) in [6.45, 7) is 4.26. The molecule has 2 aromatic rings. The third-order valence-electron chi connectivity index (χ3n) is 3.66. The summed E-state index contributed by atoms with van der Waals surface area (Å²) in [5.41, 5.74) is 2.19. The Morgan fingerprint density at radius 3 is 3.05 bits per heavy atom. The van der Waals surface area contributed by atoms with E-state index >= 15 is 0 Å². The Morgan fingerprint density at radius 1 is 1.43 bits per heavy atom. The van der Waals surface area contributed by atoms with Crippen molar-refractivity contribution < 1.29 is 4.74 Å². The Morgan fingerprint density at radius 2 is 2.29 bits per heavy atom. The summed E-state index contributed by atoms with van der Waals surface area (Å²) >= 11 is 6.29. The van der Waals surface area contributed by atoms with E-state index in [0.29, 0.717) is 17.7 Å². The molecular formula is C16H20ClN3O. The lowest BCUT2D eigenvalue weighted by Gasteiger charge is -2.14. The summed E-state index contributed by atoms with van der Waals surface area (Å²) in [6.07, 6.45) is 6.24. The van der Waals surface area contributed by atoms with Gasteiger partial charge in [0.2, 0.25) is 0 Å². The van der Waals surface area contributed by atoms with Crippen LogP contribution in [0.1, 0.15) is 37.1 Å². The van der Waals surface area contributed by atoms with Gasteiger partial charge in [0, 0.05) is 18.2 Å². The van der Waals surface area contributed by atoms with Crippen molar-refractivity contribution in [2.75, 3.05) is 6.54 Å². The molecule has 3 rings (SSSR count). The standard InChI is InChI=1S/C16H20ClN3O/c1-2-18-8-12-4-3-5-15(17)16(12)21-10-14-9-19-11-20(14)13-6-7-13/h3-5,9,11,13,18H,2,6-8,10H2,1H3. The summed E-state index contributed by atoms with van der Waals surface area (Å²) in [7, 11) is 0. The molecule has 0 unspecified atom stereocenters. The van der Waals surface area contributed by atoms with Crippen molar-refractivity contribution >= 4 is 11.6 Å². The first kappa shape index (κ1) is 14.4. The number of para-hydroxylation sites is 1. The number of imidazole rings is 1. The summed E-state index contributed by atoms with van der Waals surface area (Å²) in [5, 5.41) is 3.96. The maximum Gasteiger partial charge on any atom is 0.142 e. The highest BCUT2D eigenvalue weighted by atomic mass is 35.5. The van der Waals surface area contributed by atoms with Crippen LogP contribution in [0.3, 0.4) is 0 Å². The Balaban J connectivity index is 1.73. The van der Waals surface area contributed by atoms with Crippen molar-refractivity contribution in [3.63, 3.8) is 0 Å². The quantitative estimate of drug-likeness (QED) is 0.850. The molecule has 0 saturated heterocycles. The number of nitrogens with one attached hydrogen (secondary N) is 1. The molecule has 0 atom stereocenters. The van der Waals surface area contributed by atoms with Crippen LogP contribution in [0.15, 0.2) is 30.7 Å². The largest absolute Gasteiger partial charge is 0.485 e. The van der Waals surface area contributed by atoms with Crippen molar-refractivity contribution in [2.45, 2.75) is 39.0 Å². The molecule has 0 spiro atoms. The van der Waals surface area contributed by atoms with Crippen LogP contribution in [0.2, 0.25) is 5.02 Å². The fourth-order valence-electron chi connectivity index (χ4n) is 2.39. The van der Waals surface area contributed by atoms with Gasteiger partial charge in [-0.25, -0.2) is 4.98 Å². The maximum atomic E-state index is 6.29. The number of ether oxygens (including phenoxy) is 1. The van der Waals surface area contributed by atoms with Crippen LogP contribution >= 0.6 is 11.6 Å². The summed E-state index contributed by atoms with van der Waals surface area (Å²) in [6, 6.07) is 6.47. The lowest BCUT2D eigenvalue weighted by molar-refractivity contribution is 0.291. The molecule has 4 nitrogen and oxygen atoms in total. The minimum Gasteiger partial charge on any atom is -0.485 e. The third kappa shape index (κ3) is 3.39. The van der Waals surface area contributed by atoms with Crippen LogP contribution in [0, 0.1) is 0 Å². The Hall–Kier alpha value is -1.52. The number of hydrogen-bond acceptors (Lipinski definition) is 3. The summed E-state index contributed by atoms with van der Waals surface area (Å²) < 4.78 is 8.20. The highest BCUT2D eigenvalue weighted by Crippen LogP contribution is 2.36. The van der Waals surface area contributed by atoms with Crippen molar-refractivity contribution in [1.82, 2.24) is 14.9 Å². The number of hydrogen-bond donors (Lipinski definition) is 1. The van der Waals surface area contributed by atoms with Gasteiger partial charge < -0.3 is 14.6 Å². The Bertz CT molecular complexity index is 607. The second-order valence-electron chi connectivity index (χ2n) is 5.32. The molecule has 1 aromatic heterocycles. The van der Waals surface area contributed by atoms with Gasteiger partial charge in [-0.3, -0.25) is 0 Å². The lowest BCUT2D eigenvalue weighted by Crippen LogP contribution is -2.13. The van der Waals surface area contributed by atoms with E-state index in [-0.39, 0.29) is 0 Å². The van der Waals surface area contributed by atoms with E-state index in [2.05, 4.69) is 21.8 Å². The molecule has 21 heavy (non-hydrogen) atoms. The fraction of sp³-hybridized carbons (Fsp3) is 0.438. The van der Waals surface area contributed by atoms with Gasteiger partial charge in [0.25, 0.3) is 0 Å². The van der Waals surface area contributed by atoms with E-state index in [1.165, 1.54) is 12.8 Å². The molecule has 1 aliphatic rings. The van der Waals surface area contributed by atoms with Crippen LogP contribution < -0.4 is 10.1 Å². The Labute approximate surface area is 130 Å². The molecule has 1 N–H and O–H groups in total. The first-order valence-corrected chi connectivity index (χ1v) is 7.79. The molecule has 0 amide bonds. The minimum absolute atomic E-state index is 0.499. The van der Waals surface area contributed by atoms with Crippen LogP contribution in [-0.4, -0.2) is 16.1 Å². The molecule has 1 aromatic carbocycles. The lowest BCUT2D eigenvalue weighted by atomic mass is 10.2. The van der Waals surface area contributed by atoms with Crippen LogP contribution in [0.25, 0.3) is 0 Å². The SMILES string of the molecule is CCNCc1cccc(Cl)c1OCc1cncn1C1CC1. The highest BCUT2D eigenvalue weighted by Gasteiger charge is 2.25. The molecule has 5 heteroatoms. The fourth-order valence-corrected chi connectivity index (χ4v) is 2.63. The molecule has 0 aliphatic heterocycles. The van der Waals surface area contributed by atoms with Crippen LogP contribution in [0.4, 0.5) is 0 Å². The monoisotopic (exact) mass is 305 g/mol. The molecule has 0 bridgehead atoms. The maximum absolute atomic E-state index is 6.29. The molecule has 1 saturated carbocycles. The zero-order valence-electron chi connectivity index (χ0n) is 12.2. The topological polar surface area (TPSA) is 39.1 Å². The van der Waals surface area contributed by atoms with E-state index in [9.17, 15) is 0 Å². The van der Waals surface area contributed by atoms with E-state index < -0.39 is 0 Å². The molecule has 112 valence electrons. The predicted molar refractivity (Wildman–Crippen MR) is 83.7 cm³/mol. The molecule has 1 aliphatic carbocycles. The van der Waals surface area contributed by atoms with Crippen molar-refractivity contribution in [3.05, 3.63) is 47.0 Å². The second kappa shape index (κ2) is 6.50. The normalized spacial score (nSPS) is 14.4. The summed E-state index contributed by atoms with van der Waals surface area (Å²) in [4.78, 5) is 4.23. The zero-order chi connectivity index (χ0) is 14.7. The van der Waals surface area contributed by atoms with Gasteiger partial charge in [0.15, 0.2) is 0 Å². The molecule has 1 fully saturated rings. The second-order valence-corrected chi connectivity index (χ2v) is 5.73. The molecular weight excluding hydrogens is 286 g/mol. The minimum atomic E-state index is 0.499. The number of rotatable bonds is 7. The van der Waals surface area contributed by atoms with Crippen LogP contribution in [0.5, 0.6) is 5.75 Å². The van der Waals surface area contributed by atoms with Gasteiger partial charge in [-0.2, -0.15) is 0 Å². The van der Waals surface area contributed by atoms with Gasteiger partial charge in [-0.1, -0.05) is 30.7 Å². The smallest absolute Gasteiger partial charge is 0.142 e. The van der Waals surface area contributed by atoms with Crippen molar-refractivity contribution in [2.24, 2.45) is 0 Å². The van der Waals surface area contributed by atoms with E-state index in [0.717, 1.165) is 30.1 Å². The number of benzene rings is 1. The highest BCUT2D eigenvalue weighted by molar-refractivity contribution is 6.32. The van der Waals surface area contributed by atoms with Gasteiger partial charge in [-0.15, -0.1) is 0 Å². The van der Waals surface area contributed by atoms with Gasteiger partial charge in [-0.05, 0) is 25.5 Å². The van der Waals surface area contributed by atoms with Crippen molar-refractivity contribution in [3.8, 4) is 5.75 Å². The van der Waals surface area contributed by atoms with E-state index in [4.69, 9.17) is 16.3 Å². The van der Waals surface area contributed by atoms with E-state index in [1.54, 1.807) is 0 Å². The number of aromatic nitrogens is 2. The third-order valence-corrected chi connectivity index (χ3v) is 3.96. The molecule has 1 heterocycles. The van der Waals surface area contributed by atoms with Crippen LogP contribution in [-0.2, 0) is 13.2 Å². The number of halogens is 1. The van der Waals surface area contributed by atoms with E-state index in [1.807, 2.05) is 30.7 Å². The van der Waals surface area contributed by atoms with Gasteiger partial charge >= 0.3 is 0 Å². The summed E-state index contributed by atoms with van der Waals surface area (Å²) in [5.74, 6) is 0.767. The van der Waals surface area contributed by atoms with Gasteiger partial charge in [0.1, 0.15) is 12.4 Å². The molecule has 0 radical (unpaired) electrons. The van der Waals surface area contributed by atoms with Gasteiger partial charge in [0.05, 0.1) is 23.2 Å². The average molecular weight is 306 g/mol. The predicted octanol–water partition coefficient (Wildman–Crippen LogP) is 3.56. The average Bonchev–Trinajstić information content (AvgIpc) is 3.23. The van der Waals surface area contributed by atoms with Crippen molar-refractivity contribution in [1.29, 1.82) is 0 Å². The first-order chi connectivity index (χ1) is 10.3. The first-order valence-electron chi connectivity index (χ1n) is 7.41.